The topological polar surface area (TPSA) is 51.2 Å². The minimum atomic E-state index is -0.380. The van der Waals surface area contributed by atoms with Crippen LogP contribution < -0.4 is 10.1 Å². The Kier molecular flexibility index (Phi) is 5.63. The highest BCUT2D eigenvalue weighted by atomic mass is 32.1. The minimum absolute atomic E-state index is 0.128. The molecule has 26 heavy (non-hydrogen) atoms. The first-order valence-electron chi connectivity index (χ1n) is 8.29. The Morgan fingerprint density at radius 3 is 2.88 bits per heavy atom. The Bertz CT molecular complexity index is 924. The van der Waals surface area contributed by atoms with Crippen LogP contribution in [-0.4, -0.2) is 17.5 Å². The average Bonchev–Trinajstić information content (AvgIpc) is 3.07. The zero-order chi connectivity index (χ0) is 18.5. The van der Waals surface area contributed by atoms with E-state index >= 15 is 0 Å². The van der Waals surface area contributed by atoms with Crippen LogP contribution in [0.3, 0.4) is 0 Å². The molecule has 3 aromatic rings. The number of anilines is 1. The van der Waals surface area contributed by atoms with Crippen molar-refractivity contribution in [3.8, 4) is 16.3 Å². The van der Waals surface area contributed by atoms with Gasteiger partial charge >= 0.3 is 0 Å². The molecule has 1 heterocycles. The van der Waals surface area contributed by atoms with Crippen molar-refractivity contribution in [3.05, 3.63) is 64.9 Å². The molecule has 0 aliphatic rings. The fourth-order valence-corrected chi connectivity index (χ4v) is 3.37. The number of benzene rings is 2. The fraction of sp³-hybridized carbons (Fsp3) is 0.200. The molecule has 6 heteroatoms. The van der Waals surface area contributed by atoms with Crippen LogP contribution in [0.1, 0.15) is 18.2 Å². The van der Waals surface area contributed by atoms with Crippen molar-refractivity contribution in [1.29, 1.82) is 0 Å². The lowest BCUT2D eigenvalue weighted by Gasteiger charge is -2.08. The second-order valence-electron chi connectivity index (χ2n) is 5.76. The van der Waals surface area contributed by atoms with E-state index in [9.17, 15) is 9.18 Å². The van der Waals surface area contributed by atoms with Gasteiger partial charge in [-0.3, -0.25) is 4.79 Å². The van der Waals surface area contributed by atoms with Gasteiger partial charge in [-0.05, 0) is 43.7 Å². The van der Waals surface area contributed by atoms with Crippen LogP contribution in [0.4, 0.5) is 10.1 Å². The summed E-state index contributed by atoms with van der Waals surface area (Å²) in [5.41, 5.74) is 2.87. The quantitative estimate of drug-likeness (QED) is 0.676. The highest BCUT2D eigenvalue weighted by Gasteiger charge is 2.13. The summed E-state index contributed by atoms with van der Waals surface area (Å²) in [6.07, 6.45) is 0.128. The van der Waals surface area contributed by atoms with Gasteiger partial charge in [-0.2, -0.15) is 0 Å². The van der Waals surface area contributed by atoms with Gasteiger partial charge in [0, 0.05) is 11.1 Å². The molecule has 1 aromatic heterocycles. The maximum Gasteiger partial charge on any atom is 0.230 e. The SMILES string of the molecule is CCOc1ccccc1-c1nc(CC(=O)Nc2cc(F)ccc2C)cs1. The highest BCUT2D eigenvalue weighted by Crippen LogP contribution is 2.32. The number of hydrogen-bond acceptors (Lipinski definition) is 4. The van der Waals surface area contributed by atoms with Crippen LogP contribution in [0.2, 0.25) is 0 Å². The zero-order valence-electron chi connectivity index (χ0n) is 14.6. The van der Waals surface area contributed by atoms with E-state index in [0.29, 0.717) is 18.0 Å². The van der Waals surface area contributed by atoms with Gasteiger partial charge in [-0.25, -0.2) is 9.37 Å². The van der Waals surface area contributed by atoms with Crippen molar-refractivity contribution in [1.82, 2.24) is 4.98 Å². The molecule has 0 atom stereocenters. The maximum atomic E-state index is 13.3. The molecule has 2 aromatic carbocycles. The maximum absolute atomic E-state index is 13.3. The number of carbonyl (C=O) groups excluding carboxylic acids is 1. The zero-order valence-corrected chi connectivity index (χ0v) is 15.4. The molecule has 134 valence electrons. The number of rotatable bonds is 6. The number of nitrogens with zero attached hydrogens (tertiary/aromatic N) is 1. The van der Waals surface area contributed by atoms with Crippen LogP contribution in [0.25, 0.3) is 10.6 Å². The molecule has 0 fully saturated rings. The first kappa shape index (κ1) is 18.1. The van der Waals surface area contributed by atoms with Gasteiger partial charge in [-0.1, -0.05) is 18.2 Å². The molecule has 0 saturated carbocycles. The number of hydrogen-bond donors (Lipinski definition) is 1. The van der Waals surface area contributed by atoms with Gasteiger partial charge in [0.2, 0.25) is 5.91 Å². The van der Waals surface area contributed by atoms with Gasteiger partial charge in [-0.15, -0.1) is 11.3 Å². The lowest BCUT2D eigenvalue weighted by molar-refractivity contribution is -0.115. The summed E-state index contributed by atoms with van der Waals surface area (Å²) in [5, 5.41) is 5.40. The minimum Gasteiger partial charge on any atom is -0.493 e. The molecule has 0 bridgehead atoms. The van der Waals surface area contributed by atoms with E-state index in [4.69, 9.17) is 4.74 Å². The summed E-state index contributed by atoms with van der Waals surface area (Å²) in [5.74, 6) is 0.166. The third-order valence-corrected chi connectivity index (χ3v) is 4.71. The first-order chi connectivity index (χ1) is 12.6. The summed E-state index contributed by atoms with van der Waals surface area (Å²) in [6, 6.07) is 12.0. The number of nitrogens with one attached hydrogen (secondary N) is 1. The molecule has 0 aliphatic heterocycles. The van der Waals surface area contributed by atoms with E-state index in [0.717, 1.165) is 21.9 Å². The summed E-state index contributed by atoms with van der Waals surface area (Å²) in [7, 11) is 0. The number of para-hydroxylation sites is 1. The Morgan fingerprint density at radius 1 is 1.27 bits per heavy atom. The van der Waals surface area contributed by atoms with Crippen LogP contribution in [-0.2, 0) is 11.2 Å². The monoisotopic (exact) mass is 370 g/mol. The molecular formula is C20H19FN2O2S. The second kappa shape index (κ2) is 8.10. The lowest BCUT2D eigenvalue weighted by atomic mass is 10.2. The summed E-state index contributed by atoms with van der Waals surface area (Å²) >= 11 is 1.47. The lowest BCUT2D eigenvalue weighted by Crippen LogP contribution is -2.15. The Morgan fingerprint density at radius 2 is 2.08 bits per heavy atom. The Hall–Kier alpha value is -2.73. The number of thiazole rings is 1. The average molecular weight is 370 g/mol. The molecule has 0 aliphatic carbocycles. The molecule has 0 radical (unpaired) electrons. The molecule has 0 saturated heterocycles. The van der Waals surface area contributed by atoms with Crippen molar-refractivity contribution in [3.63, 3.8) is 0 Å². The standard InChI is InChI=1S/C20H19FN2O2S/c1-3-25-18-7-5-4-6-16(18)20-22-15(12-26-20)11-19(24)23-17-10-14(21)9-8-13(17)2/h4-10,12H,3,11H2,1-2H3,(H,23,24). The Labute approximate surface area is 155 Å². The fourth-order valence-electron chi connectivity index (χ4n) is 2.52. The predicted octanol–water partition coefficient (Wildman–Crippen LogP) is 4.84. The van der Waals surface area contributed by atoms with Gasteiger partial charge in [0.1, 0.15) is 16.6 Å². The molecule has 3 rings (SSSR count). The smallest absolute Gasteiger partial charge is 0.230 e. The number of ether oxygens (including phenoxy) is 1. The van der Waals surface area contributed by atoms with Gasteiger partial charge in [0.25, 0.3) is 0 Å². The third kappa shape index (κ3) is 4.26. The van der Waals surface area contributed by atoms with Crippen molar-refractivity contribution in [2.24, 2.45) is 0 Å². The molecule has 0 spiro atoms. The molecule has 1 N–H and O–H groups in total. The van der Waals surface area contributed by atoms with E-state index in [2.05, 4.69) is 10.3 Å². The number of aryl methyl sites for hydroxylation is 1. The molecular weight excluding hydrogens is 351 g/mol. The van der Waals surface area contributed by atoms with E-state index in [1.54, 1.807) is 6.07 Å². The van der Waals surface area contributed by atoms with E-state index in [1.165, 1.54) is 23.5 Å². The second-order valence-corrected chi connectivity index (χ2v) is 6.62. The number of aromatic nitrogens is 1. The largest absolute Gasteiger partial charge is 0.493 e. The Balaban J connectivity index is 1.72. The normalized spacial score (nSPS) is 10.6. The summed E-state index contributed by atoms with van der Waals surface area (Å²) in [4.78, 5) is 16.8. The van der Waals surface area contributed by atoms with Crippen LogP contribution in [0.5, 0.6) is 5.75 Å². The van der Waals surface area contributed by atoms with Crippen molar-refractivity contribution in [2.75, 3.05) is 11.9 Å². The van der Waals surface area contributed by atoms with Crippen molar-refractivity contribution < 1.29 is 13.9 Å². The molecule has 0 unspecified atom stereocenters. The van der Waals surface area contributed by atoms with E-state index < -0.39 is 0 Å². The van der Waals surface area contributed by atoms with Crippen LogP contribution in [0.15, 0.2) is 47.8 Å². The number of amides is 1. The van der Waals surface area contributed by atoms with E-state index in [1.807, 2.05) is 43.5 Å². The van der Waals surface area contributed by atoms with Crippen LogP contribution >= 0.6 is 11.3 Å². The third-order valence-electron chi connectivity index (χ3n) is 3.78. The number of carbonyl (C=O) groups is 1. The predicted molar refractivity (Wildman–Crippen MR) is 102 cm³/mol. The van der Waals surface area contributed by atoms with E-state index in [-0.39, 0.29) is 18.1 Å². The van der Waals surface area contributed by atoms with Gasteiger partial charge in [0.05, 0.1) is 24.3 Å². The van der Waals surface area contributed by atoms with Gasteiger partial charge < -0.3 is 10.1 Å². The van der Waals surface area contributed by atoms with Crippen molar-refractivity contribution >= 4 is 22.9 Å². The molecule has 1 amide bonds. The number of halogens is 1. The van der Waals surface area contributed by atoms with Crippen LogP contribution in [0, 0.1) is 12.7 Å². The van der Waals surface area contributed by atoms with Gasteiger partial charge in [0.15, 0.2) is 0 Å². The summed E-state index contributed by atoms with van der Waals surface area (Å²) < 4.78 is 19.0. The highest BCUT2D eigenvalue weighted by molar-refractivity contribution is 7.13. The molecule has 4 nitrogen and oxygen atoms in total. The van der Waals surface area contributed by atoms with Crippen molar-refractivity contribution in [2.45, 2.75) is 20.3 Å². The summed E-state index contributed by atoms with van der Waals surface area (Å²) in [6.45, 7) is 4.33. The first-order valence-corrected chi connectivity index (χ1v) is 9.17.